The molecule has 0 fully saturated rings. The van der Waals surface area contributed by atoms with Crippen molar-refractivity contribution in [2.75, 3.05) is 23.7 Å². The Hall–Kier alpha value is -3.72. The van der Waals surface area contributed by atoms with Crippen molar-refractivity contribution in [2.24, 2.45) is 0 Å². The first-order chi connectivity index (χ1) is 17.6. The number of carbonyl (C=O) groups is 2. The van der Waals surface area contributed by atoms with Crippen LogP contribution in [0.4, 0.5) is 10.1 Å². The van der Waals surface area contributed by atoms with Gasteiger partial charge in [0.2, 0.25) is 21.8 Å². The molecule has 2 amide bonds. The van der Waals surface area contributed by atoms with Crippen LogP contribution in [0.3, 0.4) is 0 Å². The molecule has 0 bridgehead atoms. The Morgan fingerprint density at radius 1 is 0.946 bits per heavy atom. The molecule has 0 aromatic heterocycles. The number of sulfonamides is 1. The number of hydrogen-bond donors (Lipinski definition) is 1. The maximum Gasteiger partial charge on any atom is 0.244 e. The van der Waals surface area contributed by atoms with E-state index in [1.807, 2.05) is 61.5 Å². The van der Waals surface area contributed by atoms with Crippen LogP contribution in [0.2, 0.25) is 0 Å². The molecule has 1 atom stereocenters. The fraction of sp³-hybridized carbons (Fsp3) is 0.286. The number of amides is 2. The van der Waals surface area contributed by atoms with E-state index in [2.05, 4.69) is 5.32 Å². The van der Waals surface area contributed by atoms with Crippen LogP contribution in [-0.4, -0.2) is 50.5 Å². The summed E-state index contributed by atoms with van der Waals surface area (Å²) in [6.45, 7) is 3.60. The lowest BCUT2D eigenvalue weighted by atomic mass is 10.0. The average Bonchev–Trinajstić information content (AvgIpc) is 2.84. The Labute approximate surface area is 218 Å². The van der Waals surface area contributed by atoms with Gasteiger partial charge in [0.05, 0.1) is 11.9 Å². The predicted molar refractivity (Wildman–Crippen MR) is 143 cm³/mol. The lowest BCUT2D eigenvalue weighted by molar-refractivity contribution is -0.140. The van der Waals surface area contributed by atoms with Crippen LogP contribution in [0.15, 0.2) is 78.9 Å². The molecule has 3 aromatic rings. The zero-order valence-electron chi connectivity index (χ0n) is 21.2. The molecule has 0 aliphatic rings. The van der Waals surface area contributed by atoms with Gasteiger partial charge in [-0.15, -0.1) is 0 Å². The molecule has 37 heavy (non-hydrogen) atoms. The van der Waals surface area contributed by atoms with Gasteiger partial charge in [0, 0.05) is 19.5 Å². The molecular formula is C28H32FN3O4S. The quantitative estimate of drug-likeness (QED) is 0.414. The first kappa shape index (κ1) is 27.9. The summed E-state index contributed by atoms with van der Waals surface area (Å²) in [7, 11) is -3.94. The van der Waals surface area contributed by atoms with Gasteiger partial charge in [-0.1, -0.05) is 66.2 Å². The third-order valence-electron chi connectivity index (χ3n) is 5.83. The minimum atomic E-state index is -3.94. The highest BCUT2D eigenvalue weighted by molar-refractivity contribution is 7.92. The van der Waals surface area contributed by atoms with Gasteiger partial charge in [-0.2, -0.15) is 0 Å². The molecule has 0 heterocycles. The number of hydrogen-bond acceptors (Lipinski definition) is 4. The minimum Gasteiger partial charge on any atom is -0.355 e. The van der Waals surface area contributed by atoms with E-state index >= 15 is 0 Å². The largest absolute Gasteiger partial charge is 0.355 e. The number of benzene rings is 3. The predicted octanol–water partition coefficient (Wildman–Crippen LogP) is 3.68. The van der Waals surface area contributed by atoms with Crippen molar-refractivity contribution in [3.05, 3.63) is 101 Å². The number of anilines is 1. The number of carbonyl (C=O) groups excluding carboxylic acids is 2. The topological polar surface area (TPSA) is 86.8 Å². The Balaban J connectivity index is 2.04. The summed E-state index contributed by atoms with van der Waals surface area (Å²) in [5.41, 5.74) is 2.67. The van der Waals surface area contributed by atoms with Crippen LogP contribution in [0.25, 0.3) is 0 Å². The Morgan fingerprint density at radius 2 is 1.62 bits per heavy atom. The van der Waals surface area contributed by atoms with Crippen molar-refractivity contribution in [2.45, 2.75) is 32.9 Å². The van der Waals surface area contributed by atoms with Gasteiger partial charge in [-0.3, -0.25) is 13.9 Å². The molecule has 3 aromatic carbocycles. The Bertz CT molecular complexity index is 1330. The second kappa shape index (κ2) is 12.5. The fourth-order valence-corrected chi connectivity index (χ4v) is 4.94. The van der Waals surface area contributed by atoms with Gasteiger partial charge >= 0.3 is 0 Å². The smallest absolute Gasteiger partial charge is 0.244 e. The van der Waals surface area contributed by atoms with Gasteiger partial charge < -0.3 is 10.2 Å². The monoisotopic (exact) mass is 525 g/mol. The van der Waals surface area contributed by atoms with Gasteiger partial charge in [-0.05, 0) is 43.2 Å². The highest BCUT2D eigenvalue weighted by atomic mass is 32.2. The molecule has 0 saturated carbocycles. The molecule has 0 saturated heterocycles. The third-order valence-corrected chi connectivity index (χ3v) is 6.97. The van der Waals surface area contributed by atoms with E-state index in [0.29, 0.717) is 6.54 Å². The van der Waals surface area contributed by atoms with Crippen LogP contribution in [-0.2, 0) is 32.6 Å². The van der Waals surface area contributed by atoms with Crippen molar-refractivity contribution in [1.82, 2.24) is 10.2 Å². The second-order valence-corrected chi connectivity index (χ2v) is 10.8. The van der Waals surface area contributed by atoms with Gasteiger partial charge in [0.1, 0.15) is 18.4 Å². The van der Waals surface area contributed by atoms with Crippen molar-refractivity contribution < 1.29 is 22.4 Å². The van der Waals surface area contributed by atoms with E-state index in [1.54, 1.807) is 6.92 Å². The normalized spacial score (nSPS) is 12.0. The summed E-state index contributed by atoms with van der Waals surface area (Å²) >= 11 is 0. The van der Waals surface area contributed by atoms with Crippen LogP contribution in [0.1, 0.15) is 23.6 Å². The van der Waals surface area contributed by atoms with Crippen molar-refractivity contribution >= 4 is 27.5 Å². The summed E-state index contributed by atoms with van der Waals surface area (Å²) in [6, 6.07) is 21.0. The highest BCUT2D eigenvalue weighted by Crippen LogP contribution is 2.21. The maximum absolute atomic E-state index is 13.9. The Kier molecular flexibility index (Phi) is 9.41. The highest BCUT2D eigenvalue weighted by Gasteiger charge is 2.32. The zero-order chi connectivity index (χ0) is 27.0. The molecule has 196 valence electrons. The van der Waals surface area contributed by atoms with E-state index in [4.69, 9.17) is 0 Å². The lowest BCUT2D eigenvalue weighted by Gasteiger charge is -2.33. The van der Waals surface area contributed by atoms with Crippen LogP contribution >= 0.6 is 0 Å². The molecule has 0 unspecified atom stereocenters. The maximum atomic E-state index is 13.9. The van der Waals surface area contributed by atoms with Crippen LogP contribution < -0.4 is 9.62 Å². The summed E-state index contributed by atoms with van der Waals surface area (Å²) in [5, 5.41) is 2.81. The number of likely N-dealkylation sites (N-methyl/N-ethyl adjacent to an activating group) is 1. The number of nitrogens with one attached hydrogen (secondary N) is 1. The van der Waals surface area contributed by atoms with E-state index in [9.17, 15) is 22.4 Å². The summed E-state index contributed by atoms with van der Waals surface area (Å²) in [4.78, 5) is 28.5. The van der Waals surface area contributed by atoms with Crippen LogP contribution in [0, 0.1) is 12.7 Å². The second-order valence-electron chi connectivity index (χ2n) is 8.86. The number of nitrogens with zero attached hydrogens (tertiary/aromatic N) is 2. The van der Waals surface area contributed by atoms with Crippen molar-refractivity contribution in [1.29, 1.82) is 0 Å². The standard InChI is InChI=1S/C28H32FN3O4S/c1-4-30-28(34)26(17-22-11-6-5-7-12-22)31(19-23-13-8-10-21(2)16-23)27(33)20-32(37(3,35)36)25-15-9-14-24(29)18-25/h5-16,18,26H,4,17,19-20H2,1-3H3,(H,30,34)/t26-/m0/s1. The van der Waals surface area contributed by atoms with Crippen molar-refractivity contribution in [3.63, 3.8) is 0 Å². The van der Waals surface area contributed by atoms with Gasteiger partial charge in [-0.25, -0.2) is 12.8 Å². The lowest BCUT2D eigenvalue weighted by Crippen LogP contribution is -2.53. The molecular weight excluding hydrogens is 493 g/mol. The molecule has 0 aliphatic heterocycles. The van der Waals surface area contributed by atoms with E-state index in [1.165, 1.54) is 23.1 Å². The molecule has 3 rings (SSSR count). The van der Waals surface area contributed by atoms with Gasteiger partial charge in [0.25, 0.3) is 0 Å². The average molecular weight is 526 g/mol. The summed E-state index contributed by atoms with van der Waals surface area (Å²) in [5.74, 6) is -1.55. The SMILES string of the molecule is CCNC(=O)[C@H](Cc1ccccc1)N(Cc1cccc(C)c1)C(=O)CN(c1cccc(F)c1)S(C)(=O)=O. The molecule has 0 aliphatic carbocycles. The zero-order valence-corrected chi connectivity index (χ0v) is 22.0. The van der Waals surface area contributed by atoms with E-state index in [0.717, 1.165) is 33.3 Å². The number of rotatable bonds is 11. The first-order valence-electron chi connectivity index (χ1n) is 12.0. The summed E-state index contributed by atoms with van der Waals surface area (Å²) in [6.07, 6.45) is 1.20. The fourth-order valence-electron chi connectivity index (χ4n) is 4.10. The Morgan fingerprint density at radius 3 is 2.24 bits per heavy atom. The molecule has 0 spiro atoms. The van der Waals surface area contributed by atoms with E-state index in [-0.39, 0.29) is 24.6 Å². The number of aryl methyl sites for hydroxylation is 1. The summed E-state index contributed by atoms with van der Waals surface area (Å²) < 4.78 is 40.1. The van der Waals surface area contributed by atoms with Crippen molar-refractivity contribution in [3.8, 4) is 0 Å². The molecule has 9 heteroatoms. The molecule has 7 nitrogen and oxygen atoms in total. The van der Waals surface area contributed by atoms with Crippen LogP contribution in [0.5, 0.6) is 0 Å². The molecule has 0 radical (unpaired) electrons. The van der Waals surface area contributed by atoms with E-state index < -0.39 is 34.3 Å². The van der Waals surface area contributed by atoms with Gasteiger partial charge in [0.15, 0.2) is 0 Å². The molecule has 1 N–H and O–H groups in total. The first-order valence-corrected chi connectivity index (χ1v) is 13.8. The third kappa shape index (κ3) is 7.88. The minimum absolute atomic E-state index is 0.0315. The number of halogens is 1.